The number of nitrogens with zero attached hydrogens (tertiary/aromatic N) is 4. The highest BCUT2D eigenvalue weighted by atomic mass is 16.3. The molecule has 3 rings (SSSR count). The van der Waals surface area contributed by atoms with Gasteiger partial charge >= 0.3 is 6.03 Å². The molecule has 0 aliphatic carbocycles. The second kappa shape index (κ2) is 7.27. The topological polar surface area (TPSA) is 102 Å². The molecule has 0 fully saturated rings. The molecule has 2 heterocycles. The predicted octanol–water partition coefficient (Wildman–Crippen LogP) is 1.52. The maximum Gasteiger partial charge on any atom is 0.330 e. The number of carbonyl (C=O) groups is 1. The molecule has 0 spiro atoms. The van der Waals surface area contributed by atoms with Gasteiger partial charge in [0.25, 0.3) is 0 Å². The summed E-state index contributed by atoms with van der Waals surface area (Å²) in [6.45, 7) is 3.72. The van der Waals surface area contributed by atoms with Crippen molar-refractivity contribution in [3.63, 3.8) is 0 Å². The zero-order valence-corrected chi connectivity index (χ0v) is 15.0. The summed E-state index contributed by atoms with van der Waals surface area (Å²) in [5.74, 6) is 0.829. The molecule has 8 nitrogen and oxygen atoms in total. The molecule has 138 valence electrons. The normalized spacial score (nSPS) is 16.3. The molecule has 1 aromatic heterocycles. The Bertz CT molecular complexity index is 813. The average molecular weight is 357 g/mol. The quantitative estimate of drug-likeness (QED) is 0.750. The van der Waals surface area contributed by atoms with Gasteiger partial charge in [0.2, 0.25) is 5.95 Å². The Hall–Kier alpha value is -2.71. The van der Waals surface area contributed by atoms with Gasteiger partial charge in [0, 0.05) is 24.5 Å². The van der Waals surface area contributed by atoms with E-state index in [4.69, 9.17) is 5.11 Å². The SMILES string of the molecule is Cc1ccccc1N1Cc2cnc(NC(C)[C@@H](O)CO)nc2N(C)C1=O. The van der Waals surface area contributed by atoms with Gasteiger partial charge in [-0.2, -0.15) is 4.98 Å². The number of benzene rings is 1. The Labute approximate surface area is 152 Å². The first-order valence-corrected chi connectivity index (χ1v) is 8.44. The summed E-state index contributed by atoms with van der Waals surface area (Å²) in [4.78, 5) is 24.7. The van der Waals surface area contributed by atoms with Crippen LogP contribution in [-0.2, 0) is 6.54 Å². The molecule has 3 N–H and O–H groups in total. The van der Waals surface area contributed by atoms with Gasteiger partial charge in [-0.15, -0.1) is 0 Å². The number of urea groups is 1. The van der Waals surface area contributed by atoms with E-state index in [1.54, 1.807) is 25.1 Å². The molecule has 2 aromatic rings. The summed E-state index contributed by atoms with van der Waals surface area (Å²) >= 11 is 0. The monoisotopic (exact) mass is 357 g/mol. The van der Waals surface area contributed by atoms with Gasteiger partial charge in [0.1, 0.15) is 5.82 Å². The van der Waals surface area contributed by atoms with Crippen LogP contribution in [0.4, 0.5) is 22.2 Å². The highest BCUT2D eigenvalue weighted by Gasteiger charge is 2.31. The third-order valence-electron chi connectivity index (χ3n) is 4.53. The fraction of sp³-hybridized carbons (Fsp3) is 0.389. The summed E-state index contributed by atoms with van der Waals surface area (Å²) in [6.07, 6.45) is 0.752. The lowest BCUT2D eigenvalue weighted by atomic mass is 10.1. The summed E-state index contributed by atoms with van der Waals surface area (Å²) in [5.41, 5.74) is 2.71. The number of aliphatic hydroxyl groups excluding tert-OH is 2. The van der Waals surface area contributed by atoms with E-state index < -0.39 is 12.1 Å². The van der Waals surface area contributed by atoms with Crippen molar-refractivity contribution in [3.05, 3.63) is 41.6 Å². The van der Waals surface area contributed by atoms with Crippen LogP contribution in [0.3, 0.4) is 0 Å². The molecule has 1 aromatic carbocycles. The number of hydrogen-bond donors (Lipinski definition) is 3. The Morgan fingerprint density at radius 3 is 2.77 bits per heavy atom. The molecule has 26 heavy (non-hydrogen) atoms. The van der Waals surface area contributed by atoms with E-state index in [9.17, 15) is 9.90 Å². The second-order valence-corrected chi connectivity index (χ2v) is 6.44. The highest BCUT2D eigenvalue weighted by molar-refractivity contribution is 6.05. The number of aryl methyl sites for hydroxylation is 1. The fourth-order valence-electron chi connectivity index (χ4n) is 2.89. The van der Waals surface area contributed by atoms with Crippen LogP contribution in [-0.4, -0.2) is 52.0 Å². The molecule has 0 saturated heterocycles. The maximum atomic E-state index is 12.8. The molecular weight excluding hydrogens is 334 g/mol. The lowest BCUT2D eigenvalue weighted by Crippen LogP contribution is -2.46. The first kappa shape index (κ1) is 18.1. The number of nitrogens with one attached hydrogen (secondary N) is 1. The van der Waals surface area contributed by atoms with Crippen LogP contribution in [0.15, 0.2) is 30.5 Å². The second-order valence-electron chi connectivity index (χ2n) is 6.44. The Morgan fingerprint density at radius 1 is 1.35 bits per heavy atom. The van der Waals surface area contributed by atoms with E-state index in [2.05, 4.69) is 15.3 Å². The van der Waals surface area contributed by atoms with Crippen molar-refractivity contribution in [2.45, 2.75) is 32.5 Å². The third-order valence-corrected chi connectivity index (χ3v) is 4.53. The average Bonchev–Trinajstić information content (AvgIpc) is 2.65. The maximum absolute atomic E-state index is 12.8. The zero-order valence-electron chi connectivity index (χ0n) is 15.0. The number of hydrogen-bond acceptors (Lipinski definition) is 6. The Balaban J connectivity index is 1.88. The summed E-state index contributed by atoms with van der Waals surface area (Å²) in [7, 11) is 1.67. The van der Waals surface area contributed by atoms with Crippen molar-refractivity contribution >= 4 is 23.5 Å². The zero-order chi connectivity index (χ0) is 18.8. The van der Waals surface area contributed by atoms with Crippen molar-refractivity contribution < 1.29 is 15.0 Å². The highest BCUT2D eigenvalue weighted by Crippen LogP contribution is 2.31. The molecular formula is C18H23N5O3. The molecule has 0 radical (unpaired) electrons. The van der Waals surface area contributed by atoms with Crippen LogP contribution in [0, 0.1) is 6.92 Å². The van der Waals surface area contributed by atoms with Crippen LogP contribution in [0.2, 0.25) is 0 Å². The molecule has 1 unspecified atom stereocenters. The lowest BCUT2D eigenvalue weighted by Gasteiger charge is -2.34. The Kier molecular flexibility index (Phi) is 5.06. The van der Waals surface area contributed by atoms with Crippen LogP contribution in [0.1, 0.15) is 18.1 Å². The molecule has 1 aliphatic heterocycles. The van der Waals surface area contributed by atoms with Gasteiger partial charge in [-0.05, 0) is 25.5 Å². The van der Waals surface area contributed by atoms with Crippen LogP contribution >= 0.6 is 0 Å². The van der Waals surface area contributed by atoms with E-state index in [-0.39, 0.29) is 12.6 Å². The Morgan fingerprint density at radius 2 is 2.08 bits per heavy atom. The van der Waals surface area contributed by atoms with Crippen molar-refractivity contribution in [3.8, 4) is 0 Å². The van der Waals surface area contributed by atoms with Crippen molar-refractivity contribution in [1.29, 1.82) is 0 Å². The summed E-state index contributed by atoms with van der Waals surface area (Å²) < 4.78 is 0. The van der Waals surface area contributed by atoms with Crippen LogP contribution in [0.5, 0.6) is 0 Å². The smallest absolute Gasteiger partial charge is 0.330 e. The number of carbonyl (C=O) groups excluding carboxylic acids is 1. The first-order chi connectivity index (χ1) is 12.4. The number of amides is 2. The number of rotatable bonds is 5. The van der Waals surface area contributed by atoms with E-state index in [1.165, 1.54) is 4.90 Å². The van der Waals surface area contributed by atoms with Crippen molar-refractivity contribution in [2.75, 3.05) is 28.8 Å². The molecule has 0 saturated carbocycles. The number of fused-ring (bicyclic) bond motifs is 1. The van der Waals surface area contributed by atoms with Gasteiger partial charge < -0.3 is 15.5 Å². The van der Waals surface area contributed by atoms with Gasteiger partial charge in [-0.25, -0.2) is 9.78 Å². The minimum atomic E-state index is -0.925. The van der Waals surface area contributed by atoms with Crippen molar-refractivity contribution in [2.24, 2.45) is 0 Å². The molecule has 0 bridgehead atoms. The van der Waals surface area contributed by atoms with Crippen molar-refractivity contribution in [1.82, 2.24) is 9.97 Å². The van der Waals surface area contributed by atoms with E-state index in [0.29, 0.717) is 18.3 Å². The van der Waals surface area contributed by atoms with Gasteiger partial charge in [0.05, 0.1) is 25.3 Å². The van der Waals surface area contributed by atoms with E-state index in [0.717, 1.165) is 16.8 Å². The first-order valence-electron chi connectivity index (χ1n) is 8.44. The molecule has 1 aliphatic rings. The molecule has 2 atom stereocenters. The van der Waals surface area contributed by atoms with Gasteiger partial charge in [-0.1, -0.05) is 18.2 Å². The minimum Gasteiger partial charge on any atom is -0.394 e. The van der Waals surface area contributed by atoms with E-state index >= 15 is 0 Å². The summed E-state index contributed by atoms with van der Waals surface area (Å²) in [6, 6.07) is 7.14. The van der Waals surface area contributed by atoms with Gasteiger partial charge in [-0.3, -0.25) is 9.80 Å². The number of anilines is 3. The largest absolute Gasteiger partial charge is 0.394 e. The van der Waals surface area contributed by atoms with Gasteiger partial charge in [0.15, 0.2) is 0 Å². The number of aliphatic hydroxyl groups is 2. The lowest BCUT2D eigenvalue weighted by molar-refractivity contribution is 0.0837. The predicted molar refractivity (Wildman–Crippen MR) is 99.4 cm³/mol. The summed E-state index contributed by atoms with van der Waals surface area (Å²) in [5, 5.41) is 21.6. The molecule has 2 amide bonds. The number of aromatic nitrogens is 2. The minimum absolute atomic E-state index is 0.167. The standard InChI is InChI=1S/C18H23N5O3/c1-11-6-4-5-7-14(11)23-9-13-8-19-17(20-12(2)15(25)10-24)21-16(13)22(3)18(23)26/h4-8,12,15,24-25H,9-10H2,1-3H3,(H,19,20,21)/t12?,15-/m0/s1. The fourth-order valence-corrected chi connectivity index (χ4v) is 2.89. The third kappa shape index (κ3) is 3.33. The van der Waals surface area contributed by atoms with Crippen LogP contribution < -0.4 is 15.1 Å². The number of para-hydroxylation sites is 1. The molecule has 8 heteroatoms. The van der Waals surface area contributed by atoms with Crippen LogP contribution in [0.25, 0.3) is 0 Å². The van der Waals surface area contributed by atoms with E-state index in [1.807, 2.05) is 31.2 Å².